The largest absolute Gasteiger partial charge is 0.506 e. The van der Waals surface area contributed by atoms with E-state index in [4.69, 9.17) is 18.0 Å². The van der Waals surface area contributed by atoms with E-state index in [1.807, 2.05) is 39.0 Å². The van der Waals surface area contributed by atoms with Crippen molar-refractivity contribution in [3.8, 4) is 0 Å². The van der Waals surface area contributed by atoms with Crippen molar-refractivity contribution in [2.75, 3.05) is 21.0 Å². The number of benzene rings is 2. The highest BCUT2D eigenvalue weighted by Crippen LogP contribution is 2.24. The fourth-order valence-electron chi connectivity index (χ4n) is 2.37. The summed E-state index contributed by atoms with van der Waals surface area (Å²) in [7, 11) is 0.447. The first kappa shape index (κ1) is 18.1. The van der Waals surface area contributed by atoms with Crippen molar-refractivity contribution < 1.29 is 18.0 Å². The van der Waals surface area contributed by atoms with Gasteiger partial charge in [-0.2, -0.15) is 0 Å². The van der Waals surface area contributed by atoms with Crippen molar-refractivity contribution >= 4 is 19.6 Å². The van der Waals surface area contributed by atoms with Gasteiger partial charge in [0.25, 0.3) is 0 Å². The van der Waals surface area contributed by atoms with Gasteiger partial charge in [0, 0.05) is 20.3 Å². The zero-order valence-corrected chi connectivity index (χ0v) is 15.6. The Kier molecular flexibility index (Phi) is 5.94. The molecular formula is C18H26O4Si. The molecule has 0 amide bonds. The lowest BCUT2D eigenvalue weighted by Crippen LogP contribution is -2.47. The molecule has 4 nitrogen and oxygen atoms in total. The molecule has 0 aliphatic carbocycles. The highest BCUT2D eigenvalue weighted by molar-refractivity contribution is 6.60. The molecule has 0 saturated carbocycles. The predicted molar refractivity (Wildman–Crippen MR) is 94.2 cm³/mol. The topological polar surface area (TPSA) is 36.9 Å². The summed E-state index contributed by atoms with van der Waals surface area (Å²) in [5, 5.41) is 2.40. The van der Waals surface area contributed by atoms with Crippen molar-refractivity contribution in [3.05, 3.63) is 48.0 Å². The first-order valence-corrected chi connectivity index (χ1v) is 9.67. The van der Waals surface area contributed by atoms with Crippen LogP contribution in [0.4, 0.5) is 0 Å². The van der Waals surface area contributed by atoms with Crippen molar-refractivity contribution in [1.82, 2.24) is 0 Å². The lowest BCUT2D eigenvalue weighted by atomic mass is 10.1. The van der Waals surface area contributed by atoms with E-state index in [0.29, 0.717) is 6.04 Å². The van der Waals surface area contributed by atoms with E-state index in [9.17, 15) is 0 Å². The summed E-state index contributed by atoms with van der Waals surface area (Å²) in [5.41, 5.74) is 0.898. The summed E-state index contributed by atoms with van der Waals surface area (Å²) < 4.78 is 22.9. The second kappa shape index (κ2) is 7.55. The van der Waals surface area contributed by atoms with Gasteiger partial charge in [0.1, 0.15) is 6.79 Å². The average Bonchev–Trinajstić information content (AvgIpc) is 2.53. The fourth-order valence-corrected chi connectivity index (χ4v) is 4.18. The summed E-state index contributed by atoms with van der Waals surface area (Å²) in [5.74, 6) is 0. The quantitative estimate of drug-likeness (QED) is 0.568. The van der Waals surface area contributed by atoms with Crippen LogP contribution in [0.2, 0.25) is 0 Å². The van der Waals surface area contributed by atoms with Crippen LogP contribution in [0.15, 0.2) is 42.5 Å². The van der Waals surface area contributed by atoms with Crippen molar-refractivity contribution in [3.63, 3.8) is 0 Å². The number of fused-ring (bicyclic) bond motifs is 1. The molecule has 5 heteroatoms. The van der Waals surface area contributed by atoms with Gasteiger partial charge in [0.2, 0.25) is 0 Å². The normalized spacial score (nSPS) is 12.7. The van der Waals surface area contributed by atoms with Gasteiger partial charge in [-0.1, -0.05) is 42.5 Å². The molecule has 2 aromatic carbocycles. The molecular weight excluding hydrogens is 308 g/mol. The Hall–Kier alpha value is -1.24. The molecule has 0 unspecified atom stereocenters. The van der Waals surface area contributed by atoms with E-state index in [0.717, 1.165) is 5.56 Å². The van der Waals surface area contributed by atoms with Crippen molar-refractivity contribution in [2.24, 2.45) is 0 Å². The number of hydrogen-bond acceptors (Lipinski definition) is 4. The highest BCUT2D eigenvalue weighted by atomic mass is 28.4. The molecule has 0 saturated heterocycles. The Labute approximate surface area is 139 Å². The zero-order valence-electron chi connectivity index (χ0n) is 14.6. The molecule has 0 aromatic heterocycles. The second-order valence-electron chi connectivity index (χ2n) is 6.43. The third-order valence-electron chi connectivity index (χ3n) is 3.68. The Bertz CT molecular complexity index is 627. The maximum atomic E-state index is 5.93. The van der Waals surface area contributed by atoms with Crippen molar-refractivity contribution in [1.29, 1.82) is 0 Å². The van der Waals surface area contributed by atoms with Crippen LogP contribution in [0.5, 0.6) is 0 Å². The molecule has 0 aliphatic rings. The zero-order chi connectivity index (χ0) is 16.9. The molecule has 2 rings (SSSR count). The Morgan fingerprint density at radius 3 is 2.22 bits per heavy atom. The summed E-state index contributed by atoms with van der Waals surface area (Å²) in [4.78, 5) is 0. The third-order valence-corrected chi connectivity index (χ3v) is 6.30. The van der Waals surface area contributed by atoms with Gasteiger partial charge in [0.05, 0.1) is 5.60 Å². The van der Waals surface area contributed by atoms with Crippen LogP contribution in [0.1, 0.15) is 26.3 Å². The lowest BCUT2D eigenvalue weighted by Gasteiger charge is -2.29. The van der Waals surface area contributed by atoms with Crippen LogP contribution >= 0.6 is 0 Å². The molecule has 0 N–H and O–H groups in total. The molecule has 23 heavy (non-hydrogen) atoms. The summed E-state index contributed by atoms with van der Waals surface area (Å²) >= 11 is 0. The van der Waals surface area contributed by atoms with Crippen LogP contribution in [0.3, 0.4) is 0 Å². The molecule has 0 heterocycles. The number of ether oxygens (including phenoxy) is 1. The first-order valence-electron chi connectivity index (χ1n) is 7.74. The molecule has 0 aliphatic heterocycles. The van der Waals surface area contributed by atoms with Crippen LogP contribution in [-0.4, -0.2) is 35.4 Å². The maximum absolute atomic E-state index is 5.93. The van der Waals surface area contributed by atoms with Gasteiger partial charge < -0.3 is 18.0 Å². The standard InChI is InChI=1S/C18H26O4Si/c1-18(2,3)21-14-22-23(19-4,20-5)13-16-11-8-10-15-9-6-7-12-17(15)16/h6-12H,13-14H2,1-5H3. The lowest BCUT2D eigenvalue weighted by molar-refractivity contribution is -0.101. The predicted octanol–water partition coefficient (Wildman–Crippen LogP) is 3.94. The molecule has 0 bridgehead atoms. The summed E-state index contributed by atoms with van der Waals surface area (Å²) in [6, 6.07) is 15.1. The molecule has 0 atom stereocenters. The second-order valence-corrected chi connectivity index (χ2v) is 9.25. The Morgan fingerprint density at radius 2 is 1.57 bits per heavy atom. The summed E-state index contributed by atoms with van der Waals surface area (Å²) in [6.07, 6.45) is 0. The first-order chi connectivity index (χ1) is 10.9. The van der Waals surface area contributed by atoms with E-state index >= 15 is 0 Å². The fraction of sp³-hybridized carbons (Fsp3) is 0.444. The number of hydrogen-bond donors (Lipinski definition) is 0. The van der Waals surface area contributed by atoms with E-state index in [1.165, 1.54) is 10.8 Å². The van der Waals surface area contributed by atoms with Crippen LogP contribution in [0, 0.1) is 0 Å². The van der Waals surface area contributed by atoms with Crippen LogP contribution in [0.25, 0.3) is 10.8 Å². The Morgan fingerprint density at radius 1 is 0.913 bits per heavy atom. The number of rotatable bonds is 7. The van der Waals surface area contributed by atoms with E-state index < -0.39 is 8.80 Å². The van der Waals surface area contributed by atoms with Gasteiger partial charge in [-0.25, -0.2) is 0 Å². The van der Waals surface area contributed by atoms with E-state index in [2.05, 4.69) is 24.3 Å². The van der Waals surface area contributed by atoms with E-state index in [-0.39, 0.29) is 12.4 Å². The maximum Gasteiger partial charge on any atom is 0.506 e. The smallest absolute Gasteiger partial charge is 0.377 e. The molecule has 126 valence electrons. The molecule has 2 aromatic rings. The summed E-state index contributed by atoms with van der Waals surface area (Å²) in [6.45, 7) is 6.12. The highest BCUT2D eigenvalue weighted by Gasteiger charge is 2.40. The van der Waals surface area contributed by atoms with Crippen molar-refractivity contribution in [2.45, 2.75) is 32.4 Å². The minimum absolute atomic E-state index is 0.155. The minimum Gasteiger partial charge on any atom is -0.377 e. The van der Waals surface area contributed by atoms with Gasteiger partial charge in [-0.05, 0) is 37.1 Å². The van der Waals surface area contributed by atoms with Gasteiger partial charge in [0.15, 0.2) is 0 Å². The third kappa shape index (κ3) is 4.86. The molecule has 0 spiro atoms. The monoisotopic (exact) mass is 334 g/mol. The van der Waals surface area contributed by atoms with Crippen LogP contribution in [-0.2, 0) is 24.1 Å². The average molecular weight is 334 g/mol. The molecule has 0 fully saturated rings. The van der Waals surface area contributed by atoms with Crippen LogP contribution < -0.4 is 0 Å². The van der Waals surface area contributed by atoms with Gasteiger partial charge in [-0.15, -0.1) is 0 Å². The molecule has 0 radical (unpaired) electrons. The van der Waals surface area contributed by atoms with Gasteiger partial charge in [-0.3, -0.25) is 0 Å². The Balaban J connectivity index is 2.20. The van der Waals surface area contributed by atoms with Gasteiger partial charge >= 0.3 is 8.80 Å². The minimum atomic E-state index is -2.83. The van der Waals surface area contributed by atoms with E-state index in [1.54, 1.807) is 14.2 Å². The SMILES string of the molecule is CO[Si](Cc1cccc2ccccc12)(OC)OCOC(C)(C)C.